The molecule has 0 saturated carbocycles. The van der Waals surface area contributed by atoms with Gasteiger partial charge < -0.3 is 19.7 Å². The molecule has 0 fully saturated rings. The topological polar surface area (TPSA) is 98.1 Å². The molecule has 34 heavy (non-hydrogen) atoms. The van der Waals surface area contributed by atoms with E-state index in [1.807, 2.05) is 24.3 Å². The van der Waals surface area contributed by atoms with Crippen LogP contribution in [0.3, 0.4) is 0 Å². The Morgan fingerprint density at radius 3 is 2.74 bits per heavy atom. The fraction of sp³-hybridized carbons (Fsp3) is 0.200. The average Bonchev–Trinajstić information content (AvgIpc) is 3.47. The zero-order valence-electron chi connectivity index (χ0n) is 18.8. The molecule has 5 rings (SSSR count). The van der Waals surface area contributed by atoms with E-state index in [2.05, 4.69) is 26.4 Å². The predicted molar refractivity (Wildman–Crippen MR) is 126 cm³/mol. The lowest BCUT2D eigenvalue weighted by atomic mass is 10.1. The van der Waals surface area contributed by atoms with E-state index in [4.69, 9.17) is 9.47 Å². The van der Waals surface area contributed by atoms with Crippen LogP contribution in [0.4, 0.5) is 11.5 Å². The molecule has 0 atom stereocenters. The fourth-order valence-electron chi connectivity index (χ4n) is 3.98. The number of esters is 1. The summed E-state index contributed by atoms with van der Waals surface area (Å²) in [6, 6.07) is 16.4. The van der Waals surface area contributed by atoms with Gasteiger partial charge in [-0.15, -0.1) is 5.10 Å². The van der Waals surface area contributed by atoms with E-state index < -0.39 is 5.97 Å². The minimum Gasteiger partial charge on any atom is -0.497 e. The Bertz CT molecular complexity index is 1400. The number of amides is 1. The maximum absolute atomic E-state index is 13.0. The van der Waals surface area contributed by atoms with Crippen molar-refractivity contribution in [3.8, 4) is 5.75 Å². The first-order valence-corrected chi connectivity index (χ1v) is 10.9. The van der Waals surface area contributed by atoms with Crippen molar-refractivity contribution < 1.29 is 19.1 Å². The molecule has 0 spiro atoms. The molecule has 2 aromatic carbocycles. The Hall–Kier alpha value is -4.40. The number of hydrogen-bond acceptors (Lipinski definition) is 7. The first-order valence-electron chi connectivity index (χ1n) is 10.9. The van der Waals surface area contributed by atoms with Crippen molar-refractivity contribution >= 4 is 29.0 Å². The summed E-state index contributed by atoms with van der Waals surface area (Å²) in [5, 5.41) is 7.50. The molecule has 2 aromatic heterocycles. The molecule has 4 aromatic rings. The quantitative estimate of drug-likeness (QED) is 0.441. The highest BCUT2D eigenvalue weighted by Crippen LogP contribution is 2.30. The van der Waals surface area contributed by atoms with E-state index >= 15 is 0 Å². The third kappa shape index (κ3) is 4.03. The SMILES string of the molecule is CCOC(=O)c1cccc(NC(=O)c2cnc3ccc(N4Cc5ccc(OC)cc5C4)nn23)c1. The monoisotopic (exact) mass is 457 g/mol. The normalized spacial score (nSPS) is 12.5. The highest BCUT2D eigenvalue weighted by atomic mass is 16.5. The summed E-state index contributed by atoms with van der Waals surface area (Å²) in [4.78, 5) is 31.5. The maximum atomic E-state index is 13.0. The molecule has 1 amide bonds. The number of imidazole rings is 1. The zero-order chi connectivity index (χ0) is 23.7. The lowest BCUT2D eigenvalue weighted by Gasteiger charge is -2.16. The van der Waals surface area contributed by atoms with E-state index in [9.17, 15) is 9.59 Å². The summed E-state index contributed by atoms with van der Waals surface area (Å²) in [6.07, 6.45) is 1.49. The molecule has 0 saturated heterocycles. The lowest BCUT2D eigenvalue weighted by Crippen LogP contribution is -2.19. The van der Waals surface area contributed by atoms with E-state index in [0.717, 1.165) is 11.6 Å². The standard InChI is InChI=1S/C25H23N5O4/c1-3-34-25(32)16-5-4-6-19(11-16)27-24(31)21-13-26-22-9-10-23(28-30(21)22)29-14-17-7-8-20(33-2)12-18(17)15-29/h4-13H,3,14-15H2,1-2H3,(H,27,31). The van der Waals surface area contributed by atoms with Gasteiger partial charge in [0.1, 0.15) is 11.6 Å². The molecule has 172 valence electrons. The van der Waals surface area contributed by atoms with Gasteiger partial charge in [0.25, 0.3) is 5.91 Å². The van der Waals surface area contributed by atoms with Crippen molar-refractivity contribution in [2.75, 3.05) is 23.9 Å². The number of anilines is 2. The first-order chi connectivity index (χ1) is 16.6. The lowest BCUT2D eigenvalue weighted by molar-refractivity contribution is 0.0526. The summed E-state index contributed by atoms with van der Waals surface area (Å²) < 4.78 is 11.9. The number of ether oxygens (including phenoxy) is 2. The molecule has 1 aliphatic rings. The van der Waals surface area contributed by atoms with Gasteiger partial charge in [-0.2, -0.15) is 0 Å². The minimum atomic E-state index is -0.441. The number of rotatable bonds is 6. The van der Waals surface area contributed by atoms with E-state index in [1.165, 1.54) is 21.8 Å². The molecular weight excluding hydrogens is 434 g/mol. The van der Waals surface area contributed by atoms with Crippen molar-refractivity contribution in [3.05, 3.63) is 83.2 Å². The van der Waals surface area contributed by atoms with Gasteiger partial charge in [-0.25, -0.2) is 14.3 Å². The number of hydrogen-bond donors (Lipinski definition) is 1. The van der Waals surface area contributed by atoms with E-state index in [0.29, 0.717) is 30.0 Å². The van der Waals surface area contributed by atoms with Gasteiger partial charge in [0.15, 0.2) is 11.3 Å². The average molecular weight is 457 g/mol. The van der Waals surface area contributed by atoms with Crippen LogP contribution in [0.1, 0.15) is 38.9 Å². The van der Waals surface area contributed by atoms with Gasteiger partial charge >= 0.3 is 5.97 Å². The number of benzene rings is 2. The Balaban J connectivity index is 1.38. The van der Waals surface area contributed by atoms with Crippen molar-refractivity contribution in [1.82, 2.24) is 14.6 Å². The number of carbonyl (C=O) groups excluding carboxylic acids is 2. The maximum Gasteiger partial charge on any atom is 0.338 e. The van der Waals surface area contributed by atoms with Crippen molar-refractivity contribution in [1.29, 1.82) is 0 Å². The minimum absolute atomic E-state index is 0.279. The second-order valence-corrected chi connectivity index (χ2v) is 7.85. The van der Waals surface area contributed by atoms with Crippen molar-refractivity contribution in [3.63, 3.8) is 0 Å². The molecule has 9 nitrogen and oxygen atoms in total. The van der Waals surface area contributed by atoms with Crippen molar-refractivity contribution in [2.24, 2.45) is 0 Å². The van der Waals surface area contributed by atoms with Crippen LogP contribution in [-0.2, 0) is 17.8 Å². The number of fused-ring (bicyclic) bond motifs is 2. The van der Waals surface area contributed by atoms with Crippen LogP contribution in [0, 0.1) is 0 Å². The van der Waals surface area contributed by atoms with Crippen LogP contribution < -0.4 is 15.0 Å². The molecule has 1 aliphatic heterocycles. The van der Waals surface area contributed by atoms with Crippen LogP contribution in [0.5, 0.6) is 5.75 Å². The summed E-state index contributed by atoms with van der Waals surface area (Å²) in [6.45, 7) is 3.44. The van der Waals surface area contributed by atoms with E-state index in [-0.39, 0.29) is 18.2 Å². The molecule has 1 N–H and O–H groups in total. The smallest absolute Gasteiger partial charge is 0.338 e. The Kier molecular flexibility index (Phi) is 5.59. The van der Waals surface area contributed by atoms with E-state index in [1.54, 1.807) is 38.3 Å². The molecule has 0 bridgehead atoms. The Morgan fingerprint density at radius 2 is 1.91 bits per heavy atom. The van der Waals surface area contributed by atoms with Gasteiger partial charge in [0, 0.05) is 18.8 Å². The molecule has 0 aliphatic carbocycles. The van der Waals surface area contributed by atoms with Gasteiger partial charge in [-0.1, -0.05) is 12.1 Å². The van der Waals surface area contributed by atoms with Gasteiger partial charge in [0.2, 0.25) is 0 Å². The molecule has 3 heterocycles. The van der Waals surface area contributed by atoms with Gasteiger partial charge in [-0.05, 0) is 60.5 Å². The largest absolute Gasteiger partial charge is 0.497 e. The van der Waals surface area contributed by atoms with Crippen molar-refractivity contribution in [2.45, 2.75) is 20.0 Å². The third-order valence-corrected chi connectivity index (χ3v) is 5.67. The summed E-state index contributed by atoms with van der Waals surface area (Å²) in [5.74, 6) is 0.736. The third-order valence-electron chi connectivity index (χ3n) is 5.67. The highest BCUT2D eigenvalue weighted by Gasteiger charge is 2.22. The number of methoxy groups -OCH3 is 1. The van der Waals surface area contributed by atoms with Crippen LogP contribution in [0.2, 0.25) is 0 Å². The second kappa shape index (κ2) is 8.86. The summed E-state index contributed by atoms with van der Waals surface area (Å²) >= 11 is 0. The highest BCUT2D eigenvalue weighted by molar-refractivity contribution is 6.04. The fourth-order valence-corrected chi connectivity index (χ4v) is 3.98. The summed E-state index contributed by atoms with van der Waals surface area (Å²) in [5.41, 5.74) is 4.09. The number of nitrogens with zero attached hydrogens (tertiary/aromatic N) is 4. The van der Waals surface area contributed by atoms with Crippen LogP contribution in [0.25, 0.3) is 5.65 Å². The predicted octanol–water partition coefficient (Wildman–Crippen LogP) is 3.69. The number of aromatic nitrogens is 3. The number of carbonyl (C=O) groups is 2. The molecule has 0 radical (unpaired) electrons. The second-order valence-electron chi connectivity index (χ2n) is 7.85. The van der Waals surface area contributed by atoms with Crippen LogP contribution >= 0.6 is 0 Å². The Morgan fingerprint density at radius 1 is 1.06 bits per heavy atom. The zero-order valence-corrected chi connectivity index (χ0v) is 18.8. The molecular formula is C25H23N5O4. The van der Waals surface area contributed by atoms with Crippen LogP contribution in [-0.4, -0.2) is 40.2 Å². The van der Waals surface area contributed by atoms with Crippen LogP contribution in [0.15, 0.2) is 60.8 Å². The van der Waals surface area contributed by atoms with Gasteiger partial charge in [0.05, 0.1) is 25.5 Å². The Labute approximate surface area is 195 Å². The first kappa shape index (κ1) is 21.4. The summed E-state index contributed by atoms with van der Waals surface area (Å²) in [7, 11) is 1.66. The molecule has 0 unspecified atom stereocenters. The number of nitrogens with one attached hydrogen (secondary N) is 1. The molecule has 9 heteroatoms. The van der Waals surface area contributed by atoms with Gasteiger partial charge in [-0.3, -0.25) is 4.79 Å².